The molecule has 0 aliphatic heterocycles. The standard InChI is InChI=1S/C8H6ClF2N3/c9-6-5(2-13)4(1-12)3-14-7(6)8(10)11/h3,8H,1,12H2. The molecule has 0 aliphatic carbocycles. The summed E-state index contributed by atoms with van der Waals surface area (Å²) in [5.74, 6) is 0. The van der Waals surface area contributed by atoms with Crippen LogP contribution in [0.15, 0.2) is 6.20 Å². The van der Waals surface area contributed by atoms with Crippen molar-refractivity contribution in [1.29, 1.82) is 5.26 Å². The van der Waals surface area contributed by atoms with Gasteiger partial charge in [-0.3, -0.25) is 4.98 Å². The number of aromatic nitrogens is 1. The number of pyridine rings is 1. The molecular weight excluding hydrogens is 212 g/mol. The molecule has 0 bridgehead atoms. The molecule has 2 N–H and O–H groups in total. The Morgan fingerprint density at radius 1 is 1.64 bits per heavy atom. The summed E-state index contributed by atoms with van der Waals surface area (Å²) in [4.78, 5) is 3.44. The van der Waals surface area contributed by atoms with Crippen LogP contribution in [0.4, 0.5) is 8.78 Å². The summed E-state index contributed by atoms with van der Waals surface area (Å²) in [5, 5.41) is 8.36. The van der Waals surface area contributed by atoms with Crippen LogP contribution >= 0.6 is 11.6 Å². The van der Waals surface area contributed by atoms with Crippen LogP contribution < -0.4 is 5.73 Å². The Morgan fingerprint density at radius 2 is 2.29 bits per heavy atom. The average molecular weight is 218 g/mol. The Kier molecular flexibility index (Phi) is 3.33. The minimum Gasteiger partial charge on any atom is -0.326 e. The van der Waals surface area contributed by atoms with E-state index in [1.807, 2.05) is 0 Å². The van der Waals surface area contributed by atoms with Crippen LogP contribution in [0.25, 0.3) is 0 Å². The molecule has 0 amide bonds. The summed E-state index contributed by atoms with van der Waals surface area (Å²) in [6, 6.07) is 1.72. The third-order valence-electron chi connectivity index (χ3n) is 1.66. The number of hydrogen-bond donors (Lipinski definition) is 1. The molecule has 0 aromatic carbocycles. The van der Waals surface area contributed by atoms with Gasteiger partial charge in [0.2, 0.25) is 0 Å². The van der Waals surface area contributed by atoms with Crippen molar-refractivity contribution in [2.75, 3.05) is 0 Å². The Labute approximate surface area is 84.1 Å². The summed E-state index contributed by atoms with van der Waals surface area (Å²) in [5.41, 5.74) is 5.04. The highest BCUT2D eigenvalue weighted by atomic mass is 35.5. The molecule has 3 nitrogen and oxygen atoms in total. The highest BCUT2D eigenvalue weighted by molar-refractivity contribution is 6.32. The van der Waals surface area contributed by atoms with E-state index >= 15 is 0 Å². The zero-order valence-electron chi connectivity index (χ0n) is 6.97. The monoisotopic (exact) mass is 217 g/mol. The van der Waals surface area contributed by atoms with Gasteiger partial charge < -0.3 is 5.73 Å². The van der Waals surface area contributed by atoms with Crippen molar-refractivity contribution < 1.29 is 8.78 Å². The highest BCUT2D eigenvalue weighted by Crippen LogP contribution is 2.28. The van der Waals surface area contributed by atoms with E-state index in [-0.39, 0.29) is 17.1 Å². The van der Waals surface area contributed by atoms with Crippen LogP contribution in [0.3, 0.4) is 0 Å². The molecular formula is C8H6ClF2N3. The van der Waals surface area contributed by atoms with Crippen LogP contribution in [0.2, 0.25) is 5.02 Å². The number of halogens is 3. The van der Waals surface area contributed by atoms with Crippen molar-refractivity contribution >= 4 is 11.6 Å². The molecule has 14 heavy (non-hydrogen) atoms. The molecule has 0 atom stereocenters. The molecule has 0 saturated carbocycles. The Bertz CT molecular complexity index is 387. The van der Waals surface area contributed by atoms with Gasteiger partial charge in [0.25, 0.3) is 6.43 Å². The molecule has 0 unspecified atom stereocenters. The Morgan fingerprint density at radius 3 is 2.71 bits per heavy atom. The van der Waals surface area contributed by atoms with E-state index in [4.69, 9.17) is 22.6 Å². The minimum absolute atomic E-state index is 0.0283. The molecule has 0 aliphatic rings. The van der Waals surface area contributed by atoms with E-state index in [1.165, 1.54) is 0 Å². The summed E-state index contributed by atoms with van der Waals surface area (Å²) in [7, 11) is 0. The molecule has 1 rings (SSSR count). The summed E-state index contributed by atoms with van der Waals surface area (Å²) >= 11 is 5.57. The van der Waals surface area contributed by atoms with Crippen molar-refractivity contribution in [1.82, 2.24) is 4.98 Å². The topological polar surface area (TPSA) is 62.7 Å². The lowest BCUT2D eigenvalue weighted by Gasteiger charge is -2.06. The van der Waals surface area contributed by atoms with Gasteiger partial charge in [-0.2, -0.15) is 5.26 Å². The number of rotatable bonds is 2. The maximum absolute atomic E-state index is 12.3. The van der Waals surface area contributed by atoms with Gasteiger partial charge in [-0.05, 0) is 0 Å². The summed E-state index contributed by atoms with van der Waals surface area (Å²) in [6.45, 7) is 0.0408. The molecule has 0 radical (unpaired) electrons. The van der Waals surface area contributed by atoms with Gasteiger partial charge in [0.15, 0.2) is 0 Å². The number of alkyl halides is 2. The zero-order chi connectivity index (χ0) is 10.7. The molecule has 1 heterocycles. The lowest BCUT2D eigenvalue weighted by Crippen LogP contribution is -2.04. The predicted octanol–water partition coefficient (Wildman–Crippen LogP) is 2.00. The SMILES string of the molecule is N#Cc1c(CN)cnc(C(F)F)c1Cl. The van der Waals surface area contributed by atoms with Gasteiger partial charge in [-0.15, -0.1) is 0 Å². The number of nitrogens with zero attached hydrogens (tertiary/aromatic N) is 2. The molecule has 1 aromatic heterocycles. The molecule has 74 valence electrons. The zero-order valence-corrected chi connectivity index (χ0v) is 7.72. The second-order valence-corrected chi connectivity index (χ2v) is 2.85. The average Bonchev–Trinajstić information content (AvgIpc) is 2.16. The smallest absolute Gasteiger partial charge is 0.281 e. The first-order chi connectivity index (χ1) is 6.61. The third kappa shape index (κ3) is 1.81. The van der Waals surface area contributed by atoms with Crippen molar-refractivity contribution in [3.8, 4) is 6.07 Å². The van der Waals surface area contributed by atoms with Crippen LogP contribution in [0.5, 0.6) is 0 Å². The van der Waals surface area contributed by atoms with E-state index in [1.54, 1.807) is 6.07 Å². The Hall–Kier alpha value is -1.25. The fourth-order valence-corrected chi connectivity index (χ4v) is 1.26. The first-order valence-corrected chi connectivity index (χ1v) is 4.05. The van der Waals surface area contributed by atoms with Gasteiger partial charge in [-0.25, -0.2) is 8.78 Å². The van der Waals surface area contributed by atoms with Crippen LogP contribution in [0.1, 0.15) is 23.2 Å². The minimum atomic E-state index is -2.79. The second-order valence-electron chi connectivity index (χ2n) is 2.47. The van der Waals surface area contributed by atoms with E-state index in [0.717, 1.165) is 6.20 Å². The van der Waals surface area contributed by atoms with E-state index in [0.29, 0.717) is 5.56 Å². The normalized spacial score (nSPS) is 10.3. The Balaban J connectivity index is 3.37. The van der Waals surface area contributed by atoms with Crippen molar-refractivity contribution in [2.24, 2.45) is 5.73 Å². The predicted molar refractivity (Wildman–Crippen MR) is 46.8 cm³/mol. The lowest BCUT2D eigenvalue weighted by atomic mass is 10.1. The molecule has 6 heteroatoms. The molecule has 0 saturated heterocycles. The van der Waals surface area contributed by atoms with E-state index in [9.17, 15) is 8.78 Å². The number of nitriles is 1. The van der Waals surface area contributed by atoms with Gasteiger partial charge in [0.05, 0.1) is 10.6 Å². The number of nitrogens with two attached hydrogens (primary N) is 1. The van der Waals surface area contributed by atoms with Gasteiger partial charge >= 0.3 is 0 Å². The fraction of sp³-hybridized carbons (Fsp3) is 0.250. The first-order valence-electron chi connectivity index (χ1n) is 3.67. The van der Waals surface area contributed by atoms with E-state index in [2.05, 4.69) is 4.98 Å². The van der Waals surface area contributed by atoms with E-state index < -0.39 is 12.1 Å². The van der Waals surface area contributed by atoms with Crippen LogP contribution in [-0.4, -0.2) is 4.98 Å². The largest absolute Gasteiger partial charge is 0.326 e. The van der Waals surface area contributed by atoms with Crippen molar-refractivity contribution in [2.45, 2.75) is 13.0 Å². The highest BCUT2D eigenvalue weighted by Gasteiger charge is 2.18. The number of hydrogen-bond acceptors (Lipinski definition) is 3. The molecule has 1 aromatic rings. The molecule has 0 spiro atoms. The van der Waals surface area contributed by atoms with Crippen molar-refractivity contribution in [3.05, 3.63) is 28.0 Å². The van der Waals surface area contributed by atoms with Crippen LogP contribution in [0, 0.1) is 11.3 Å². The first kappa shape index (κ1) is 10.8. The lowest BCUT2D eigenvalue weighted by molar-refractivity contribution is 0.146. The quantitative estimate of drug-likeness (QED) is 0.824. The maximum Gasteiger partial charge on any atom is 0.281 e. The third-order valence-corrected chi connectivity index (χ3v) is 2.05. The maximum atomic E-state index is 12.3. The van der Waals surface area contributed by atoms with Gasteiger partial charge in [0, 0.05) is 18.3 Å². The second kappa shape index (κ2) is 4.31. The van der Waals surface area contributed by atoms with Gasteiger partial charge in [-0.1, -0.05) is 11.6 Å². The van der Waals surface area contributed by atoms with Crippen molar-refractivity contribution in [3.63, 3.8) is 0 Å². The van der Waals surface area contributed by atoms with Crippen LogP contribution in [-0.2, 0) is 6.54 Å². The fourth-order valence-electron chi connectivity index (χ4n) is 0.966. The summed E-state index contributed by atoms with van der Waals surface area (Å²) in [6.07, 6.45) is -1.65. The molecule has 0 fully saturated rings. The summed E-state index contributed by atoms with van der Waals surface area (Å²) < 4.78 is 24.6. The van der Waals surface area contributed by atoms with Gasteiger partial charge in [0.1, 0.15) is 11.8 Å².